The minimum atomic E-state index is -0.107. The first-order valence-corrected chi connectivity index (χ1v) is 47.5. The number of fused-ring (bicyclic) bond motifs is 4. The molecule has 0 amide bonds. The number of nitrogens with one attached hydrogen (secondary N) is 3. The second kappa shape index (κ2) is 45.5. The maximum absolute atomic E-state index is 9.90. The molecule has 4 aliphatic heterocycles. The molecule has 4 saturated carbocycles. The Bertz CT molecular complexity index is 5160. The van der Waals surface area contributed by atoms with Gasteiger partial charge >= 0.3 is 0 Å². The van der Waals surface area contributed by atoms with Crippen LogP contribution in [-0.2, 0) is 71.6 Å². The molecular weight excluding hydrogens is 1660 g/mol. The van der Waals surface area contributed by atoms with E-state index in [1.807, 2.05) is 56.6 Å². The van der Waals surface area contributed by atoms with E-state index in [0.717, 1.165) is 283 Å². The van der Waals surface area contributed by atoms with E-state index in [0.29, 0.717) is 54.2 Å². The zero-order chi connectivity index (χ0) is 83.5. The lowest BCUT2D eigenvalue weighted by molar-refractivity contribution is 0.173. The summed E-state index contributed by atoms with van der Waals surface area (Å²) in [4.78, 5) is 13.8. The van der Waals surface area contributed by atoms with Crippen molar-refractivity contribution in [3.63, 3.8) is 0 Å². The Morgan fingerprint density at radius 2 is 0.637 bits per heavy atom. The molecule has 0 radical (unpaired) electrons. The first-order valence-electron chi connectivity index (χ1n) is 45.0. The van der Waals surface area contributed by atoms with Gasteiger partial charge in [-0.3, -0.25) is 14.7 Å². The number of aryl methyl sites for hydroxylation is 4. The number of aliphatic hydroxyl groups excluding tert-OH is 2. The predicted octanol–water partition coefficient (Wildman–Crippen LogP) is 19.0. The summed E-state index contributed by atoms with van der Waals surface area (Å²) < 4.78 is 46.9. The Labute approximate surface area is 752 Å². The van der Waals surface area contributed by atoms with Crippen LogP contribution in [0, 0.1) is 81.3 Å². The number of halogens is 2. The molecule has 8 aliphatic rings. The number of aliphatic hydroxyl groups is 2. The predicted molar refractivity (Wildman–Crippen MR) is 491 cm³/mol. The van der Waals surface area contributed by atoms with Crippen molar-refractivity contribution in [2.24, 2.45) is 47.3 Å². The number of nitriles is 3. The molecule has 0 spiro atoms. The van der Waals surface area contributed by atoms with Gasteiger partial charge in [0.1, 0.15) is 55.8 Å². The molecule has 5 N–H and O–H groups in total. The molecule has 11 heterocycles. The average molecular weight is 1780 g/mol. The van der Waals surface area contributed by atoms with Gasteiger partial charge < -0.3 is 63.2 Å². The highest BCUT2D eigenvalue weighted by atomic mass is 35.5. The van der Waals surface area contributed by atoms with Gasteiger partial charge in [-0.1, -0.05) is 20.6 Å². The van der Waals surface area contributed by atoms with Crippen LogP contribution in [0.4, 0.5) is 0 Å². The van der Waals surface area contributed by atoms with Crippen LogP contribution in [0.5, 0.6) is 23.0 Å². The summed E-state index contributed by atoms with van der Waals surface area (Å²) in [6.07, 6.45) is 28.1. The first kappa shape index (κ1) is 92.0. The highest BCUT2D eigenvalue weighted by molar-refractivity contribution is 7.13. The van der Waals surface area contributed by atoms with Crippen molar-refractivity contribution >= 4 is 103 Å². The third-order valence-corrected chi connectivity index (χ3v) is 28.9. The summed E-state index contributed by atoms with van der Waals surface area (Å²) >= 11 is 4.83. The van der Waals surface area contributed by atoms with E-state index in [4.69, 9.17) is 52.8 Å². The Morgan fingerprint density at radius 3 is 0.887 bits per heavy atom. The van der Waals surface area contributed by atoms with Crippen molar-refractivity contribution in [1.29, 1.82) is 15.8 Å². The van der Waals surface area contributed by atoms with Crippen LogP contribution < -0.4 is 34.9 Å². The maximum atomic E-state index is 9.90. The van der Waals surface area contributed by atoms with Crippen LogP contribution in [0.3, 0.4) is 0 Å². The van der Waals surface area contributed by atoms with Gasteiger partial charge in [0.2, 0.25) is 0 Å². The van der Waals surface area contributed by atoms with Crippen LogP contribution in [0.1, 0.15) is 203 Å². The maximum Gasteiger partial charge on any atom is 0.176 e. The lowest BCUT2D eigenvalue weighted by Gasteiger charge is -2.31. The normalized spacial score (nSPS) is 17.5. The topological polar surface area (TPSA) is 299 Å². The van der Waals surface area contributed by atoms with Gasteiger partial charge in [0, 0.05) is 68.9 Å². The summed E-state index contributed by atoms with van der Waals surface area (Å²) in [6.45, 7) is 16.1. The van der Waals surface area contributed by atoms with Crippen LogP contribution in [0.15, 0.2) is 103 Å². The lowest BCUT2D eigenvalue weighted by Crippen LogP contribution is -2.33. The van der Waals surface area contributed by atoms with Gasteiger partial charge in [-0.15, -0.1) is 58.8 Å². The van der Waals surface area contributed by atoms with Crippen LogP contribution in [0.25, 0.3) is 43.9 Å². The van der Waals surface area contributed by atoms with Crippen molar-refractivity contribution in [2.45, 2.75) is 200 Å². The van der Waals surface area contributed by atoms with Gasteiger partial charge in [0.15, 0.2) is 22.3 Å². The Balaban J connectivity index is 0.000000135. The molecule has 662 valence electrons. The molecule has 8 fully saturated rings. The number of rotatable bonds is 36. The van der Waals surface area contributed by atoms with E-state index in [2.05, 4.69) is 112 Å². The molecule has 28 heteroatoms. The fraction of sp³-hybridized carbons (Fsp3) is 0.552. The van der Waals surface area contributed by atoms with Crippen LogP contribution in [0.2, 0.25) is 0 Å². The van der Waals surface area contributed by atoms with Crippen LogP contribution >= 0.6 is 58.8 Å². The van der Waals surface area contributed by atoms with Crippen molar-refractivity contribution in [3.05, 3.63) is 159 Å². The quantitative estimate of drug-likeness (QED) is 0.0244. The van der Waals surface area contributed by atoms with Gasteiger partial charge in [-0.2, -0.15) is 15.8 Å². The number of likely N-dealkylation sites (tertiary alicyclic amines) is 3. The molecule has 0 unspecified atom stereocenters. The fourth-order valence-corrected chi connectivity index (χ4v) is 20.2. The molecule has 0 atom stereocenters. The molecule has 4 aromatic carbocycles. The summed E-state index contributed by atoms with van der Waals surface area (Å²) in [5.41, 5.74) is 10.8. The lowest BCUT2D eigenvalue weighted by atomic mass is 9.91. The zero-order valence-corrected chi connectivity index (χ0v) is 75.9. The molecule has 23 nitrogen and oxygen atoms in total. The molecule has 4 saturated heterocycles. The van der Waals surface area contributed by atoms with Gasteiger partial charge in [-0.25, -0.2) is 0 Å². The van der Waals surface area contributed by atoms with E-state index >= 15 is 0 Å². The second-order valence-corrected chi connectivity index (χ2v) is 38.7. The number of aromatic nitrogens is 4. The van der Waals surface area contributed by atoms with Crippen molar-refractivity contribution in [1.82, 2.24) is 51.3 Å². The minimum absolute atomic E-state index is 0. The number of piperidine rings is 4. The second-order valence-electron chi connectivity index (χ2n) is 35.2. The standard InChI is InChI=1S/2C26H32N4O2S.C25H29N3O3S.C19H26N2O3.2ClH/c2*1-28-15-23-25(31-17-19-2-3-19)9-7-22-24(29-32-26(22)23)8-4-18-10-12-30(13-11-18)16-21-6-5-20(14-27)33-21;26-13-19-4-5-20(32-19)14-28-11-9-17(10-12-28)3-7-23-21-6-8-24(30-16-18-1-2-18)22(15-29)25(21)31-27-23;22-11-16-18(23-12-14-1-2-14)6-4-15-17(21-24-19(15)16)5-3-13-7-9-20-10-8-13;;/h2*5-7,9,18-19,28H,2-4,8,10-13,15-17H2,1H3;4-6,8,17-18,29H,1-3,7,9-12,14-16H2;4,6,13-14,20,22H,1-3,5,7-12H2;2*1H. The number of hydrogen-bond acceptors (Lipinski definition) is 26. The Hall–Kier alpha value is -8.21. The van der Waals surface area contributed by atoms with Crippen molar-refractivity contribution < 1.29 is 47.3 Å². The number of hydrogen-bond donors (Lipinski definition) is 5. The van der Waals surface area contributed by atoms with Crippen LogP contribution in [-0.4, -0.2) is 138 Å². The molecular formula is C96H121Cl2N13O10S3. The largest absolute Gasteiger partial charge is 0.493 e. The first-order chi connectivity index (χ1) is 60.0. The number of ether oxygens (including phenoxy) is 4. The monoisotopic (exact) mass is 1780 g/mol. The zero-order valence-electron chi connectivity index (χ0n) is 71.8. The third-order valence-electron chi connectivity index (χ3n) is 26.0. The molecule has 0 bridgehead atoms. The molecule has 11 aromatic rings. The van der Waals surface area contributed by atoms with E-state index < -0.39 is 0 Å². The highest BCUT2D eigenvalue weighted by Gasteiger charge is 2.31. The van der Waals surface area contributed by atoms with Gasteiger partial charge in [-0.05, 0) is 353 Å². The summed E-state index contributed by atoms with van der Waals surface area (Å²) in [5.74, 6) is 9.00. The molecule has 4 aliphatic carbocycles. The van der Waals surface area contributed by atoms with Gasteiger partial charge in [0.25, 0.3) is 0 Å². The Kier molecular flexibility index (Phi) is 33.7. The summed E-state index contributed by atoms with van der Waals surface area (Å²) in [5, 5.41) is 78.4. The molecule has 19 rings (SSSR count). The third kappa shape index (κ3) is 25.0. The minimum Gasteiger partial charge on any atom is -0.493 e. The van der Waals surface area contributed by atoms with E-state index in [9.17, 15) is 10.2 Å². The SMILES string of the molecule is CNCc1c(OCC2CC2)ccc2c(CCC3CCN(Cc4ccc(C#N)s4)CC3)noc12.CNCc1c(OCC2CC2)ccc2c(CCC3CCN(Cc4ccc(C#N)s4)CC3)noc12.Cl.Cl.N#Cc1ccc(CN2CCC(CCc3noc4c(CO)c(OCC5CC5)ccc34)CC2)s1.OCc1c(OCC2CC2)ccc2c(CCC3CCNCC3)noc12. The molecule has 124 heavy (non-hydrogen) atoms. The van der Waals surface area contributed by atoms with Crippen molar-refractivity contribution in [3.8, 4) is 41.2 Å². The Morgan fingerprint density at radius 1 is 0.371 bits per heavy atom. The van der Waals surface area contributed by atoms with Gasteiger partial charge in [0.05, 0.1) is 84.7 Å². The van der Waals surface area contributed by atoms with E-state index in [1.165, 1.54) is 117 Å². The summed E-state index contributed by atoms with van der Waals surface area (Å²) in [7, 11) is 3.90. The number of nitrogens with zero attached hydrogens (tertiary/aromatic N) is 10. The summed E-state index contributed by atoms with van der Waals surface area (Å²) in [6, 6.07) is 35.2. The smallest absolute Gasteiger partial charge is 0.176 e. The van der Waals surface area contributed by atoms with E-state index in [-0.39, 0.29) is 38.0 Å². The van der Waals surface area contributed by atoms with Crippen molar-refractivity contribution in [2.75, 3.05) is 92.9 Å². The number of thiophene rings is 3. The average Bonchev–Trinajstić information content (AvgIpc) is 1.65. The molecule has 7 aromatic heterocycles. The van der Waals surface area contributed by atoms with E-state index in [1.54, 1.807) is 34.0 Å². The highest BCUT2D eigenvalue weighted by Crippen LogP contribution is 2.41. The fourth-order valence-electron chi connectivity index (χ4n) is 17.6. The number of benzene rings is 4.